The Morgan fingerprint density at radius 2 is 1.88 bits per heavy atom. The van der Waals surface area contributed by atoms with Crippen LogP contribution in [0.5, 0.6) is 5.75 Å². The molecule has 2 aromatic carbocycles. The highest BCUT2D eigenvalue weighted by molar-refractivity contribution is 5.97. The van der Waals surface area contributed by atoms with Crippen LogP contribution in [0.3, 0.4) is 0 Å². The zero-order valence-electron chi connectivity index (χ0n) is 15.8. The van der Waals surface area contributed by atoms with Crippen LogP contribution in [0, 0.1) is 0 Å². The molecule has 2 aromatic rings. The number of ether oxygens (including phenoxy) is 2. The van der Waals surface area contributed by atoms with Gasteiger partial charge in [0, 0.05) is 17.5 Å². The summed E-state index contributed by atoms with van der Waals surface area (Å²) in [5.74, 6) is 0.784. The number of carbonyl (C=O) groups is 1. The van der Waals surface area contributed by atoms with E-state index in [-0.39, 0.29) is 12.1 Å². The molecule has 0 fully saturated rings. The molecule has 0 radical (unpaired) electrons. The second-order valence-corrected chi connectivity index (χ2v) is 6.85. The minimum atomic E-state index is -0.314. The van der Waals surface area contributed by atoms with Crippen LogP contribution >= 0.6 is 0 Å². The fraction of sp³-hybridized carbons (Fsp3) is 0.435. The van der Waals surface area contributed by atoms with E-state index in [9.17, 15) is 4.79 Å². The third-order valence-electron chi connectivity index (χ3n) is 4.82. The van der Waals surface area contributed by atoms with Crippen molar-refractivity contribution in [2.45, 2.75) is 58.5 Å². The second-order valence-electron chi connectivity index (χ2n) is 6.85. The number of rotatable bonds is 9. The standard InChI is InChI=1S/C23H28O3/c1-3-5-7-11-22(24)26-21-15-13-19-20(25-16-6-4-2)14-12-17-9-8-10-18(21)23(17)19/h8-10,12-15,21H,3-7,11,16H2,1-2H3. The van der Waals surface area contributed by atoms with Gasteiger partial charge in [-0.15, -0.1) is 0 Å². The van der Waals surface area contributed by atoms with Crippen LogP contribution in [0.2, 0.25) is 0 Å². The van der Waals surface area contributed by atoms with Crippen LogP contribution in [0.1, 0.15) is 69.6 Å². The maximum Gasteiger partial charge on any atom is 0.306 e. The lowest BCUT2D eigenvalue weighted by Crippen LogP contribution is -2.12. The lowest BCUT2D eigenvalue weighted by atomic mass is 9.91. The highest BCUT2D eigenvalue weighted by Crippen LogP contribution is 2.39. The molecule has 0 aliphatic heterocycles. The highest BCUT2D eigenvalue weighted by Gasteiger charge is 2.22. The first-order valence-corrected chi connectivity index (χ1v) is 9.80. The van der Waals surface area contributed by atoms with Gasteiger partial charge in [0.25, 0.3) is 0 Å². The van der Waals surface area contributed by atoms with E-state index in [2.05, 4.69) is 32.0 Å². The van der Waals surface area contributed by atoms with E-state index in [4.69, 9.17) is 9.47 Å². The predicted molar refractivity (Wildman–Crippen MR) is 106 cm³/mol. The Morgan fingerprint density at radius 3 is 2.69 bits per heavy atom. The third kappa shape index (κ3) is 4.09. The van der Waals surface area contributed by atoms with Crippen molar-refractivity contribution in [2.75, 3.05) is 6.61 Å². The van der Waals surface area contributed by atoms with E-state index in [0.29, 0.717) is 6.42 Å². The summed E-state index contributed by atoms with van der Waals surface area (Å²) in [6.45, 7) is 5.01. The first kappa shape index (κ1) is 18.5. The van der Waals surface area contributed by atoms with Crippen molar-refractivity contribution >= 4 is 22.8 Å². The molecule has 0 amide bonds. The molecule has 138 valence electrons. The highest BCUT2D eigenvalue weighted by atomic mass is 16.5. The van der Waals surface area contributed by atoms with Gasteiger partial charge in [0.1, 0.15) is 11.9 Å². The molecule has 3 nitrogen and oxygen atoms in total. The molecule has 0 aromatic heterocycles. The van der Waals surface area contributed by atoms with E-state index in [0.717, 1.165) is 66.4 Å². The number of carbonyl (C=O) groups excluding carboxylic acids is 1. The molecule has 1 atom stereocenters. The third-order valence-corrected chi connectivity index (χ3v) is 4.82. The van der Waals surface area contributed by atoms with Crippen molar-refractivity contribution in [3.63, 3.8) is 0 Å². The van der Waals surface area contributed by atoms with Crippen LogP contribution in [0.15, 0.2) is 36.4 Å². The van der Waals surface area contributed by atoms with E-state index < -0.39 is 0 Å². The molecule has 1 aliphatic carbocycles. The summed E-state index contributed by atoms with van der Waals surface area (Å²) in [4.78, 5) is 12.2. The van der Waals surface area contributed by atoms with Crippen molar-refractivity contribution in [3.8, 4) is 5.75 Å². The zero-order chi connectivity index (χ0) is 18.4. The summed E-state index contributed by atoms with van der Waals surface area (Å²) in [6, 6.07) is 10.3. The van der Waals surface area contributed by atoms with E-state index in [1.165, 1.54) is 0 Å². The van der Waals surface area contributed by atoms with Crippen LogP contribution < -0.4 is 4.74 Å². The van der Waals surface area contributed by atoms with E-state index in [1.807, 2.05) is 24.3 Å². The second kappa shape index (κ2) is 8.88. The Kier molecular flexibility index (Phi) is 6.32. The Labute approximate surface area is 156 Å². The molecule has 0 saturated heterocycles. The quantitative estimate of drug-likeness (QED) is 0.397. The summed E-state index contributed by atoms with van der Waals surface area (Å²) in [7, 11) is 0. The predicted octanol–water partition coefficient (Wildman–Crippen LogP) is 6.21. The first-order chi connectivity index (χ1) is 12.7. The minimum absolute atomic E-state index is 0.121. The van der Waals surface area contributed by atoms with Gasteiger partial charge in [0.05, 0.1) is 6.61 Å². The average Bonchev–Trinajstić information content (AvgIpc) is 2.65. The number of unbranched alkanes of at least 4 members (excludes halogenated alkanes) is 3. The normalized spacial score (nSPS) is 15.2. The molecule has 0 bridgehead atoms. The molecular formula is C23H28O3. The largest absolute Gasteiger partial charge is 0.493 e. The molecule has 3 rings (SSSR count). The van der Waals surface area contributed by atoms with Gasteiger partial charge in [-0.3, -0.25) is 4.79 Å². The van der Waals surface area contributed by atoms with Gasteiger partial charge in [0.2, 0.25) is 0 Å². The molecule has 3 heteroatoms. The zero-order valence-corrected chi connectivity index (χ0v) is 15.8. The molecule has 1 unspecified atom stereocenters. The summed E-state index contributed by atoms with van der Waals surface area (Å²) < 4.78 is 11.7. The van der Waals surface area contributed by atoms with Crippen molar-refractivity contribution in [3.05, 3.63) is 47.5 Å². The molecule has 0 saturated carbocycles. The van der Waals surface area contributed by atoms with Crippen molar-refractivity contribution in [1.82, 2.24) is 0 Å². The number of hydrogen-bond donors (Lipinski definition) is 0. The Morgan fingerprint density at radius 1 is 1.04 bits per heavy atom. The number of hydrogen-bond acceptors (Lipinski definition) is 3. The van der Waals surface area contributed by atoms with Crippen LogP contribution in [-0.4, -0.2) is 12.6 Å². The Bertz CT molecular complexity index is 791. The van der Waals surface area contributed by atoms with Crippen molar-refractivity contribution in [2.24, 2.45) is 0 Å². The van der Waals surface area contributed by atoms with Crippen LogP contribution in [0.4, 0.5) is 0 Å². The Balaban J connectivity index is 1.84. The van der Waals surface area contributed by atoms with Gasteiger partial charge in [0.15, 0.2) is 0 Å². The molecule has 0 heterocycles. The van der Waals surface area contributed by atoms with Gasteiger partial charge in [-0.2, -0.15) is 0 Å². The summed E-state index contributed by atoms with van der Waals surface area (Å²) in [5, 5.41) is 2.28. The van der Waals surface area contributed by atoms with Crippen LogP contribution in [0.25, 0.3) is 16.8 Å². The van der Waals surface area contributed by atoms with Gasteiger partial charge >= 0.3 is 5.97 Å². The molecular weight excluding hydrogens is 324 g/mol. The number of esters is 1. The van der Waals surface area contributed by atoms with Crippen molar-refractivity contribution < 1.29 is 14.3 Å². The summed E-state index contributed by atoms with van der Waals surface area (Å²) in [5.41, 5.74) is 2.14. The fourth-order valence-corrected chi connectivity index (χ4v) is 3.38. The average molecular weight is 352 g/mol. The Hall–Kier alpha value is -2.29. The molecule has 0 N–H and O–H groups in total. The molecule has 26 heavy (non-hydrogen) atoms. The van der Waals surface area contributed by atoms with E-state index in [1.54, 1.807) is 0 Å². The summed E-state index contributed by atoms with van der Waals surface area (Å²) in [6.07, 6.45) is 9.40. The lowest BCUT2D eigenvalue weighted by molar-refractivity contribution is -0.147. The topological polar surface area (TPSA) is 35.5 Å². The van der Waals surface area contributed by atoms with Gasteiger partial charge in [-0.1, -0.05) is 63.5 Å². The summed E-state index contributed by atoms with van der Waals surface area (Å²) >= 11 is 0. The smallest absolute Gasteiger partial charge is 0.306 e. The molecule has 1 aliphatic rings. The van der Waals surface area contributed by atoms with Crippen molar-refractivity contribution in [1.29, 1.82) is 0 Å². The first-order valence-electron chi connectivity index (χ1n) is 9.80. The SMILES string of the molecule is CCCCCC(=O)OC1C=Cc2c(OCCCC)ccc3cccc1c23. The van der Waals surface area contributed by atoms with Gasteiger partial charge < -0.3 is 9.47 Å². The van der Waals surface area contributed by atoms with Gasteiger partial charge in [-0.05, 0) is 35.8 Å². The van der Waals surface area contributed by atoms with Gasteiger partial charge in [-0.25, -0.2) is 0 Å². The maximum absolute atomic E-state index is 12.2. The number of benzene rings is 2. The monoisotopic (exact) mass is 352 g/mol. The molecule has 0 spiro atoms. The minimum Gasteiger partial charge on any atom is -0.493 e. The van der Waals surface area contributed by atoms with E-state index >= 15 is 0 Å². The maximum atomic E-state index is 12.2. The lowest BCUT2D eigenvalue weighted by Gasteiger charge is -2.23. The van der Waals surface area contributed by atoms with Crippen LogP contribution in [-0.2, 0) is 9.53 Å². The fourth-order valence-electron chi connectivity index (χ4n) is 3.38.